The third-order valence-electron chi connectivity index (χ3n) is 8.85. The minimum absolute atomic E-state index is 0. The van der Waals surface area contributed by atoms with E-state index in [2.05, 4.69) is 16.1 Å². The minimum atomic E-state index is -4.64. The van der Waals surface area contributed by atoms with E-state index in [-0.39, 0.29) is 73.6 Å². The van der Waals surface area contributed by atoms with Crippen LogP contribution in [0.25, 0.3) is 0 Å². The van der Waals surface area contributed by atoms with Crippen molar-refractivity contribution < 1.29 is 86.7 Å². The maximum Gasteiger partial charge on any atom is 1.00 e. The van der Waals surface area contributed by atoms with Gasteiger partial charge in [-0.2, -0.15) is 4.58 Å². The van der Waals surface area contributed by atoms with Crippen LogP contribution in [0.1, 0.15) is 64.5 Å². The summed E-state index contributed by atoms with van der Waals surface area (Å²) in [6, 6.07) is 8.89. The third kappa shape index (κ3) is 8.66. The number of benzene rings is 2. The summed E-state index contributed by atoms with van der Waals surface area (Å²) in [7, 11) is -7.33. The van der Waals surface area contributed by atoms with Gasteiger partial charge in [0.25, 0.3) is 0 Å². The summed E-state index contributed by atoms with van der Waals surface area (Å²) < 4.78 is 72.4. The smallest absolute Gasteiger partial charge is 0.744 e. The molecule has 2 aromatic carbocycles. The monoisotopic (exact) mass is 717 g/mol. The number of allylic oxidation sites excluding steroid dienone is 6. The molecule has 2 aliphatic heterocycles. The van der Waals surface area contributed by atoms with Gasteiger partial charge in [-0.25, -0.2) is 16.8 Å². The number of hydrogen-bond donors (Lipinski definition) is 1. The van der Waals surface area contributed by atoms with E-state index in [1.54, 1.807) is 12.1 Å². The van der Waals surface area contributed by atoms with E-state index in [9.17, 15) is 30.7 Å². The molecule has 13 heteroatoms. The van der Waals surface area contributed by atoms with Crippen LogP contribution in [0.4, 0.5) is 11.4 Å². The first-order valence-electron chi connectivity index (χ1n) is 15.3. The maximum absolute atomic E-state index is 11.9. The molecule has 0 spiro atoms. The Hall–Kier alpha value is -2.38. The fourth-order valence-corrected chi connectivity index (χ4v) is 7.34. The number of carbonyl (C=O) groups excluding carboxylic acids is 1. The molecule has 0 unspecified atom stereocenters. The van der Waals surface area contributed by atoms with Gasteiger partial charge in [-0.15, -0.1) is 6.42 Å². The van der Waals surface area contributed by atoms with E-state index < -0.39 is 31.1 Å². The Morgan fingerprint density at radius 3 is 2.17 bits per heavy atom. The SMILES string of the molecule is C#CCNC(=O)CCCCCN1/C(=C/C=C/C=C/C2=[N+](C)c3ccc(S(=O)(=O)[O-])cc3C2(C)C)C(C)(C)c2cc(S(=O)(=O)[O-])ccc21.[K+]. The summed E-state index contributed by atoms with van der Waals surface area (Å²) in [6.07, 6.45) is 17.4. The molecule has 4 rings (SSSR count). The summed E-state index contributed by atoms with van der Waals surface area (Å²) in [6.45, 7) is 8.73. The van der Waals surface area contributed by atoms with Crippen LogP contribution >= 0.6 is 0 Å². The van der Waals surface area contributed by atoms with Crippen LogP contribution in [-0.2, 0) is 35.9 Å². The van der Waals surface area contributed by atoms with Crippen molar-refractivity contribution in [2.75, 3.05) is 25.0 Å². The fraction of sp³-hybridized carbons (Fsp3) is 0.371. The molecule has 1 N–H and O–H groups in total. The predicted molar refractivity (Wildman–Crippen MR) is 180 cm³/mol. The zero-order valence-electron chi connectivity index (χ0n) is 28.2. The summed E-state index contributed by atoms with van der Waals surface area (Å²) in [5, 5.41) is 2.66. The van der Waals surface area contributed by atoms with Crippen LogP contribution in [0.5, 0.6) is 0 Å². The number of unbranched alkanes of at least 4 members (excludes halogenated alkanes) is 2. The van der Waals surface area contributed by atoms with Crippen molar-refractivity contribution in [1.29, 1.82) is 0 Å². The van der Waals surface area contributed by atoms with Gasteiger partial charge in [-0.05, 0) is 68.7 Å². The van der Waals surface area contributed by atoms with Gasteiger partial charge in [-0.3, -0.25) is 4.79 Å². The van der Waals surface area contributed by atoms with Crippen molar-refractivity contribution in [3.63, 3.8) is 0 Å². The van der Waals surface area contributed by atoms with Crippen LogP contribution in [-0.4, -0.2) is 62.3 Å². The first-order valence-corrected chi connectivity index (χ1v) is 18.1. The third-order valence-corrected chi connectivity index (χ3v) is 10.5. The number of terminal acetylenes is 1. The van der Waals surface area contributed by atoms with Gasteiger partial charge in [0, 0.05) is 47.5 Å². The number of amides is 1. The number of nitrogens with one attached hydrogen (secondary N) is 1. The van der Waals surface area contributed by atoms with Crippen molar-refractivity contribution >= 4 is 43.2 Å². The van der Waals surface area contributed by atoms with E-state index in [0.717, 1.165) is 46.8 Å². The van der Waals surface area contributed by atoms with E-state index in [4.69, 9.17) is 6.42 Å². The van der Waals surface area contributed by atoms with E-state index in [1.807, 2.05) is 69.7 Å². The summed E-state index contributed by atoms with van der Waals surface area (Å²) in [5.74, 6) is 2.30. The van der Waals surface area contributed by atoms with Gasteiger partial charge in [0.05, 0.1) is 21.8 Å². The largest absolute Gasteiger partial charge is 1.00 e. The molecule has 0 fully saturated rings. The Kier molecular flexibility index (Phi) is 13.1. The first kappa shape index (κ1) is 40.0. The van der Waals surface area contributed by atoms with Gasteiger partial charge in [0.1, 0.15) is 27.3 Å². The molecule has 0 saturated heterocycles. The topological polar surface area (TPSA) is 150 Å². The normalized spacial score (nSPS) is 17.5. The number of carbonyl (C=O) groups is 1. The molecular formula is C35H40KN3O7S2. The number of fused-ring (bicyclic) bond motifs is 2. The average Bonchev–Trinajstić information content (AvgIpc) is 3.32. The summed E-state index contributed by atoms with van der Waals surface area (Å²) >= 11 is 0. The number of anilines is 1. The molecule has 0 bridgehead atoms. The van der Waals surface area contributed by atoms with Crippen molar-refractivity contribution in [1.82, 2.24) is 5.32 Å². The van der Waals surface area contributed by atoms with Crippen LogP contribution in [0.3, 0.4) is 0 Å². The fourth-order valence-electron chi connectivity index (χ4n) is 6.35. The van der Waals surface area contributed by atoms with Crippen LogP contribution < -0.4 is 61.6 Å². The first-order chi connectivity index (χ1) is 21.9. The van der Waals surface area contributed by atoms with Gasteiger partial charge >= 0.3 is 51.4 Å². The quantitative estimate of drug-likeness (QED) is 0.0870. The van der Waals surface area contributed by atoms with Crippen molar-refractivity contribution in [3.05, 3.63) is 83.6 Å². The predicted octanol–water partition coefficient (Wildman–Crippen LogP) is 1.61. The molecule has 0 radical (unpaired) electrons. The zero-order chi connectivity index (χ0) is 34.8. The molecule has 1 amide bonds. The Morgan fingerprint density at radius 1 is 0.917 bits per heavy atom. The van der Waals surface area contributed by atoms with Crippen LogP contribution in [0.2, 0.25) is 0 Å². The molecule has 0 atom stereocenters. The molecule has 250 valence electrons. The second-order valence-electron chi connectivity index (χ2n) is 12.7. The van der Waals surface area contributed by atoms with Crippen molar-refractivity contribution in [2.45, 2.75) is 74.0 Å². The molecule has 48 heavy (non-hydrogen) atoms. The van der Waals surface area contributed by atoms with E-state index in [0.29, 0.717) is 19.4 Å². The zero-order valence-corrected chi connectivity index (χ0v) is 33.0. The van der Waals surface area contributed by atoms with Gasteiger partial charge in [-0.1, -0.05) is 44.4 Å². The van der Waals surface area contributed by atoms with Crippen molar-refractivity contribution in [2.24, 2.45) is 0 Å². The van der Waals surface area contributed by atoms with Crippen LogP contribution in [0, 0.1) is 12.3 Å². The average molecular weight is 718 g/mol. The molecule has 2 heterocycles. The molecule has 2 aliphatic rings. The molecule has 10 nitrogen and oxygen atoms in total. The van der Waals surface area contributed by atoms with E-state index >= 15 is 0 Å². The maximum atomic E-state index is 11.9. The molecule has 0 aliphatic carbocycles. The molecular weight excluding hydrogens is 678 g/mol. The van der Waals surface area contributed by atoms with Gasteiger partial charge in [0.2, 0.25) is 11.6 Å². The van der Waals surface area contributed by atoms with Gasteiger partial charge in [0.15, 0.2) is 5.71 Å². The van der Waals surface area contributed by atoms with Gasteiger partial charge < -0.3 is 19.3 Å². The van der Waals surface area contributed by atoms with Crippen molar-refractivity contribution in [3.8, 4) is 12.3 Å². The standard InChI is InChI=1S/C35H41N3O7S2.K/c1-7-21-36-33(39)16-12-9-13-22-38-30-20-18-26(47(43,44)45)24-28(30)35(4,5)32(38)15-11-8-10-14-31-34(2,3)27-23-25(46(40,41)42)17-19-29(27)37(31)6;/h1,8,10-11,14-15,17-20,23-24H,9,12-13,16,21-22H2,2-6H3,(H2-,36,39,40,41,42,43,44,45);/q;+1/p-1. The minimum Gasteiger partial charge on any atom is -0.744 e. The number of hydrogen-bond acceptors (Lipinski definition) is 8. The second-order valence-corrected chi connectivity index (χ2v) is 15.5. The summed E-state index contributed by atoms with van der Waals surface area (Å²) in [4.78, 5) is 13.5. The van der Waals surface area contributed by atoms with E-state index in [1.165, 1.54) is 24.3 Å². The molecule has 0 saturated carbocycles. The summed E-state index contributed by atoms with van der Waals surface area (Å²) in [5.41, 5.74) is 3.81. The Bertz CT molecular complexity index is 1970. The Balaban J connectivity index is 0.00000625. The number of rotatable bonds is 12. The molecule has 2 aromatic rings. The Morgan fingerprint density at radius 2 is 1.54 bits per heavy atom. The second kappa shape index (κ2) is 15.7. The Labute approximate surface area is 327 Å². The molecule has 0 aromatic heterocycles. The van der Waals surface area contributed by atoms with Crippen LogP contribution in [0.15, 0.2) is 82.3 Å². The number of nitrogens with zero attached hydrogens (tertiary/aromatic N) is 2.